The number of aromatic hydroxyl groups is 1. The molecule has 3 nitrogen and oxygen atoms in total. The summed E-state index contributed by atoms with van der Waals surface area (Å²) in [5.41, 5.74) is -0.474. The van der Waals surface area contributed by atoms with Crippen molar-refractivity contribution in [3.63, 3.8) is 0 Å². The molecule has 0 atom stereocenters. The van der Waals surface area contributed by atoms with Crippen LogP contribution in [0, 0.1) is 23.0 Å². The van der Waals surface area contributed by atoms with Crippen LogP contribution in [0.1, 0.15) is 5.56 Å². The van der Waals surface area contributed by atoms with E-state index >= 15 is 0 Å². The SMILES string of the molecule is N#Cc1c(Oc2ccccc2F)ccc(O)c1F. The number of ether oxygens (including phenoxy) is 1. The predicted molar refractivity (Wildman–Crippen MR) is 59.3 cm³/mol. The first-order valence-corrected chi connectivity index (χ1v) is 4.97. The van der Waals surface area contributed by atoms with Crippen molar-refractivity contribution in [2.75, 3.05) is 0 Å². The quantitative estimate of drug-likeness (QED) is 0.885. The van der Waals surface area contributed by atoms with Crippen molar-refractivity contribution in [2.45, 2.75) is 0 Å². The smallest absolute Gasteiger partial charge is 0.186 e. The molecular formula is C13H7F2NO2. The fraction of sp³-hybridized carbons (Fsp3) is 0. The summed E-state index contributed by atoms with van der Waals surface area (Å²) < 4.78 is 31.9. The van der Waals surface area contributed by atoms with Gasteiger partial charge in [0.15, 0.2) is 23.1 Å². The molecule has 2 aromatic carbocycles. The first kappa shape index (κ1) is 11.9. The van der Waals surface area contributed by atoms with Gasteiger partial charge in [-0.2, -0.15) is 5.26 Å². The molecule has 5 heteroatoms. The molecule has 90 valence electrons. The average Bonchev–Trinajstić information content (AvgIpc) is 2.37. The molecule has 0 fully saturated rings. The third-order valence-corrected chi connectivity index (χ3v) is 2.25. The van der Waals surface area contributed by atoms with Crippen LogP contribution in [0.4, 0.5) is 8.78 Å². The minimum Gasteiger partial charge on any atom is -0.505 e. The molecule has 0 heterocycles. The van der Waals surface area contributed by atoms with Gasteiger partial charge in [-0.25, -0.2) is 8.78 Å². The number of halogens is 2. The Hall–Kier alpha value is -2.61. The summed E-state index contributed by atoms with van der Waals surface area (Å²) in [6, 6.07) is 9.34. The van der Waals surface area contributed by atoms with E-state index in [2.05, 4.69) is 0 Å². The molecule has 0 aliphatic rings. The Morgan fingerprint density at radius 3 is 2.44 bits per heavy atom. The molecule has 0 saturated carbocycles. The van der Waals surface area contributed by atoms with Gasteiger partial charge in [0.2, 0.25) is 0 Å². The van der Waals surface area contributed by atoms with E-state index in [4.69, 9.17) is 15.1 Å². The van der Waals surface area contributed by atoms with Gasteiger partial charge < -0.3 is 9.84 Å². The topological polar surface area (TPSA) is 53.2 Å². The highest BCUT2D eigenvalue weighted by Crippen LogP contribution is 2.31. The molecule has 0 unspecified atom stereocenters. The lowest BCUT2D eigenvalue weighted by atomic mass is 10.2. The van der Waals surface area contributed by atoms with Crippen LogP contribution in [-0.2, 0) is 0 Å². The molecule has 0 aromatic heterocycles. The van der Waals surface area contributed by atoms with Crippen molar-refractivity contribution in [3.05, 3.63) is 53.6 Å². The molecule has 2 rings (SSSR count). The van der Waals surface area contributed by atoms with Crippen molar-refractivity contribution in [3.8, 4) is 23.3 Å². The highest BCUT2D eigenvalue weighted by molar-refractivity contribution is 5.50. The highest BCUT2D eigenvalue weighted by Gasteiger charge is 2.15. The van der Waals surface area contributed by atoms with Gasteiger partial charge in [0, 0.05) is 0 Å². The maximum absolute atomic E-state index is 13.4. The molecule has 0 aliphatic heterocycles. The predicted octanol–water partition coefficient (Wildman–Crippen LogP) is 3.33. The molecule has 18 heavy (non-hydrogen) atoms. The van der Waals surface area contributed by atoms with E-state index in [-0.39, 0.29) is 11.5 Å². The largest absolute Gasteiger partial charge is 0.505 e. The number of hydrogen-bond donors (Lipinski definition) is 1. The Kier molecular flexibility index (Phi) is 3.11. The second-order valence-electron chi connectivity index (χ2n) is 3.42. The van der Waals surface area contributed by atoms with E-state index in [9.17, 15) is 8.78 Å². The van der Waals surface area contributed by atoms with E-state index in [0.717, 1.165) is 6.07 Å². The lowest BCUT2D eigenvalue weighted by molar-refractivity contribution is 0.414. The lowest BCUT2D eigenvalue weighted by Crippen LogP contribution is -1.94. The van der Waals surface area contributed by atoms with Crippen molar-refractivity contribution < 1.29 is 18.6 Å². The van der Waals surface area contributed by atoms with E-state index in [1.165, 1.54) is 24.3 Å². The van der Waals surface area contributed by atoms with Gasteiger partial charge in [0.05, 0.1) is 0 Å². The molecule has 0 spiro atoms. The zero-order chi connectivity index (χ0) is 13.1. The molecule has 0 amide bonds. The fourth-order valence-corrected chi connectivity index (χ4v) is 1.38. The van der Waals surface area contributed by atoms with Gasteiger partial charge in [-0.15, -0.1) is 0 Å². The molecule has 1 N–H and O–H groups in total. The van der Waals surface area contributed by atoms with Crippen molar-refractivity contribution in [1.29, 1.82) is 5.26 Å². The average molecular weight is 247 g/mol. The Labute approximate surface area is 101 Å². The van der Waals surface area contributed by atoms with Crippen molar-refractivity contribution in [2.24, 2.45) is 0 Å². The van der Waals surface area contributed by atoms with Crippen LogP contribution in [0.25, 0.3) is 0 Å². The zero-order valence-electron chi connectivity index (χ0n) is 9.02. The summed E-state index contributed by atoms with van der Waals surface area (Å²) in [4.78, 5) is 0. The first-order valence-electron chi connectivity index (χ1n) is 4.97. The molecule has 2 aromatic rings. The first-order chi connectivity index (χ1) is 8.63. The number of benzene rings is 2. The Balaban J connectivity index is 2.45. The maximum atomic E-state index is 13.4. The summed E-state index contributed by atoms with van der Waals surface area (Å²) in [6.45, 7) is 0. The monoisotopic (exact) mass is 247 g/mol. The Morgan fingerprint density at radius 2 is 1.78 bits per heavy atom. The van der Waals surface area contributed by atoms with Crippen LogP contribution in [0.15, 0.2) is 36.4 Å². The number of nitriles is 1. The minimum absolute atomic E-state index is 0.126. The van der Waals surface area contributed by atoms with Crippen molar-refractivity contribution in [1.82, 2.24) is 0 Å². The summed E-state index contributed by atoms with van der Waals surface area (Å²) in [5, 5.41) is 17.9. The second kappa shape index (κ2) is 4.72. The molecule has 0 radical (unpaired) electrons. The summed E-state index contributed by atoms with van der Waals surface area (Å²) in [5.74, 6) is -2.66. The third kappa shape index (κ3) is 2.09. The van der Waals surface area contributed by atoms with Crippen LogP contribution in [0.5, 0.6) is 17.2 Å². The van der Waals surface area contributed by atoms with Gasteiger partial charge in [-0.05, 0) is 24.3 Å². The normalized spacial score (nSPS) is 9.83. The molecule has 0 saturated heterocycles. The summed E-state index contributed by atoms with van der Waals surface area (Å²) in [7, 11) is 0. The number of para-hydroxylation sites is 1. The van der Waals surface area contributed by atoms with E-state index in [1.54, 1.807) is 12.1 Å². The third-order valence-electron chi connectivity index (χ3n) is 2.25. The minimum atomic E-state index is -1.09. The van der Waals surface area contributed by atoms with Gasteiger partial charge in [-0.1, -0.05) is 12.1 Å². The summed E-state index contributed by atoms with van der Waals surface area (Å²) in [6.07, 6.45) is 0. The van der Waals surface area contributed by atoms with E-state index < -0.39 is 22.9 Å². The molecular weight excluding hydrogens is 240 g/mol. The number of rotatable bonds is 2. The molecule has 0 aliphatic carbocycles. The van der Waals surface area contributed by atoms with E-state index in [0.29, 0.717) is 0 Å². The zero-order valence-corrected chi connectivity index (χ0v) is 9.02. The van der Waals surface area contributed by atoms with Gasteiger partial charge in [0.1, 0.15) is 17.4 Å². The van der Waals surface area contributed by atoms with Crippen LogP contribution in [0.3, 0.4) is 0 Å². The second-order valence-corrected chi connectivity index (χ2v) is 3.42. The van der Waals surface area contributed by atoms with Crippen LogP contribution < -0.4 is 4.74 Å². The van der Waals surface area contributed by atoms with Crippen LogP contribution in [0.2, 0.25) is 0 Å². The standard InChI is InChI=1S/C13H7F2NO2/c14-9-3-1-2-4-12(9)18-11-6-5-10(17)13(15)8(11)7-16/h1-6,17H. The number of nitrogens with zero attached hydrogens (tertiary/aromatic N) is 1. The Bertz CT molecular complexity index is 635. The summed E-state index contributed by atoms with van der Waals surface area (Å²) >= 11 is 0. The van der Waals surface area contributed by atoms with Crippen molar-refractivity contribution >= 4 is 0 Å². The van der Waals surface area contributed by atoms with Gasteiger partial charge >= 0.3 is 0 Å². The lowest BCUT2D eigenvalue weighted by Gasteiger charge is -2.09. The highest BCUT2D eigenvalue weighted by atomic mass is 19.1. The Morgan fingerprint density at radius 1 is 1.06 bits per heavy atom. The number of phenolic OH excluding ortho intramolecular Hbond substituents is 1. The number of hydrogen-bond acceptors (Lipinski definition) is 3. The van der Waals surface area contributed by atoms with Gasteiger partial charge in [0.25, 0.3) is 0 Å². The van der Waals surface area contributed by atoms with Crippen LogP contribution >= 0.6 is 0 Å². The van der Waals surface area contributed by atoms with Gasteiger partial charge in [-0.3, -0.25) is 0 Å². The fourth-order valence-electron chi connectivity index (χ4n) is 1.38. The number of phenols is 1. The van der Waals surface area contributed by atoms with Crippen LogP contribution in [-0.4, -0.2) is 5.11 Å². The van der Waals surface area contributed by atoms with E-state index in [1.807, 2.05) is 0 Å². The molecule has 0 bridgehead atoms. The maximum Gasteiger partial charge on any atom is 0.186 e.